The number of hydrogen-bond acceptors (Lipinski definition) is 3. The van der Waals surface area contributed by atoms with Crippen LogP contribution in [0.5, 0.6) is 0 Å². The third-order valence-electron chi connectivity index (χ3n) is 4.81. The molecule has 3 aliphatic rings. The highest BCUT2D eigenvalue weighted by molar-refractivity contribution is 5.82. The van der Waals surface area contributed by atoms with Crippen LogP contribution in [0.3, 0.4) is 0 Å². The van der Waals surface area contributed by atoms with Gasteiger partial charge in [-0.15, -0.1) is 0 Å². The number of fused-ring (bicyclic) bond motifs is 1. The van der Waals surface area contributed by atoms with Crippen molar-refractivity contribution < 1.29 is 14.3 Å². The van der Waals surface area contributed by atoms with Gasteiger partial charge in [-0.2, -0.15) is 0 Å². The molecule has 1 spiro atoms. The molecule has 0 bridgehead atoms. The van der Waals surface area contributed by atoms with Crippen molar-refractivity contribution in [2.75, 3.05) is 13.2 Å². The summed E-state index contributed by atoms with van der Waals surface area (Å²) in [5.41, 5.74) is 0. The maximum atomic E-state index is 11.9. The molecule has 3 heteroatoms. The molecule has 0 aromatic carbocycles. The molecule has 2 saturated carbocycles. The fourth-order valence-electron chi connectivity index (χ4n) is 3.90. The molecule has 3 atom stereocenters. The van der Waals surface area contributed by atoms with Crippen LogP contribution in [0.1, 0.15) is 39.0 Å². The van der Waals surface area contributed by atoms with Gasteiger partial charge in [0, 0.05) is 24.7 Å². The SMILES string of the molecule is CC1C2CCCC(=O)C2CCC12OCCO2. The van der Waals surface area contributed by atoms with Gasteiger partial charge in [-0.3, -0.25) is 4.79 Å². The molecule has 3 nitrogen and oxygen atoms in total. The summed E-state index contributed by atoms with van der Waals surface area (Å²) in [5, 5.41) is 0. The molecule has 1 saturated heterocycles. The van der Waals surface area contributed by atoms with Crippen molar-refractivity contribution in [3.63, 3.8) is 0 Å². The predicted molar refractivity (Wildman–Crippen MR) is 58.9 cm³/mol. The van der Waals surface area contributed by atoms with Crippen LogP contribution in [0, 0.1) is 17.8 Å². The predicted octanol–water partition coefficient (Wildman–Crippen LogP) is 2.14. The minimum Gasteiger partial charge on any atom is -0.347 e. The van der Waals surface area contributed by atoms with Crippen LogP contribution in [-0.2, 0) is 14.3 Å². The summed E-state index contributed by atoms with van der Waals surface area (Å²) < 4.78 is 11.7. The van der Waals surface area contributed by atoms with Crippen molar-refractivity contribution in [2.45, 2.75) is 44.8 Å². The van der Waals surface area contributed by atoms with E-state index in [1.807, 2.05) is 0 Å². The van der Waals surface area contributed by atoms with E-state index in [4.69, 9.17) is 9.47 Å². The van der Waals surface area contributed by atoms with Crippen molar-refractivity contribution in [1.29, 1.82) is 0 Å². The first-order chi connectivity index (χ1) is 7.73. The third-order valence-corrected chi connectivity index (χ3v) is 4.81. The maximum Gasteiger partial charge on any atom is 0.171 e. The fourth-order valence-corrected chi connectivity index (χ4v) is 3.90. The Morgan fingerprint density at radius 2 is 2.00 bits per heavy atom. The van der Waals surface area contributed by atoms with Gasteiger partial charge in [0.05, 0.1) is 13.2 Å². The molecule has 90 valence electrons. The summed E-state index contributed by atoms with van der Waals surface area (Å²) >= 11 is 0. The second-order valence-corrected chi connectivity index (χ2v) is 5.46. The van der Waals surface area contributed by atoms with E-state index in [0.29, 0.717) is 23.5 Å². The number of carbonyl (C=O) groups is 1. The highest BCUT2D eigenvalue weighted by Crippen LogP contribution is 2.49. The van der Waals surface area contributed by atoms with E-state index in [2.05, 4.69) is 6.92 Å². The van der Waals surface area contributed by atoms with Gasteiger partial charge in [0.1, 0.15) is 5.78 Å². The van der Waals surface area contributed by atoms with Gasteiger partial charge in [0.25, 0.3) is 0 Å². The Hall–Kier alpha value is -0.410. The minimum absolute atomic E-state index is 0.294. The average Bonchev–Trinajstić information content (AvgIpc) is 2.75. The Bertz CT molecular complexity index is 294. The topological polar surface area (TPSA) is 35.5 Å². The van der Waals surface area contributed by atoms with E-state index >= 15 is 0 Å². The van der Waals surface area contributed by atoms with Crippen LogP contribution < -0.4 is 0 Å². The minimum atomic E-state index is -0.348. The van der Waals surface area contributed by atoms with Crippen molar-refractivity contribution in [3.8, 4) is 0 Å². The van der Waals surface area contributed by atoms with Crippen LogP contribution >= 0.6 is 0 Å². The number of rotatable bonds is 0. The molecule has 1 heterocycles. The first-order valence-corrected chi connectivity index (χ1v) is 6.53. The molecule has 0 amide bonds. The molecule has 3 fully saturated rings. The van der Waals surface area contributed by atoms with Gasteiger partial charge in [-0.25, -0.2) is 0 Å². The standard InChI is InChI=1S/C13H20O3/c1-9-10-3-2-4-12(14)11(10)5-6-13(9)15-7-8-16-13/h9-11H,2-8H2,1H3. The van der Waals surface area contributed by atoms with Crippen molar-refractivity contribution >= 4 is 5.78 Å². The molecule has 0 aromatic heterocycles. The second kappa shape index (κ2) is 3.81. The van der Waals surface area contributed by atoms with Crippen molar-refractivity contribution in [1.82, 2.24) is 0 Å². The Kier molecular flexibility index (Phi) is 2.55. The lowest BCUT2D eigenvalue weighted by molar-refractivity contribution is -0.231. The summed E-state index contributed by atoms with van der Waals surface area (Å²) in [5.74, 6) is 1.29. The third kappa shape index (κ3) is 1.45. The van der Waals surface area contributed by atoms with E-state index in [9.17, 15) is 4.79 Å². The molecule has 1 aliphatic heterocycles. The zero-order valence-corrected chi connectivity index (χ0v) is 9.91. The van der Waals surface area contributed by atoms with Crippen LogP contribution in [0.4, 0.5) is 0 Å². The van der Waals surface area contributed by atoms with Gasteiger partial charge in [-0.1, -0.05) is 6.92 Å². The van der Waals surface area contributed by atoms with Crippen molar-refractivity contribution in [2.24, 2.45) is 17.8 Å². The Morgan fingerprint density at radius 3 is 2.75 bits per heavy atom. The van der Waals surface area contributed by atoms with E-state index in [0.717, 1.165) is 38.9 Å². The first kappa shape index (κ1) is 10.7. The van der Waals surface area contributed by atoms with Crippen molar-refractivity contribution in [3.05, 3.63) is 0 Å². The van der Waals surface area contributed by atoms with Gasteiger partial charge in [0.15, 0.2) is 5.79 Å². The molecule has 0 radical (unpaired) electrons. The first-order valence-electron chi connectivity index (χ1n) is 6.53. The Balaban J connectivity index is 1.83. The lowest BCUT2D eigenvalue weighted by Gasteiger charge is -2.47. The lowest BCUT2D eigenvalue weighted by Crippen LogP contribution is -2.50. The second-order valence-electron chi connectivity index (χ2n) is 5.46. The Labute approximate surface area is 96.5 Å². The molecule has 3 unspecified atom stereocenters. The van der Waals surface area contributed by atoms with Crippen LogP contribution in [0.25, 0.3) is 0 Å². The summed E-state index contributed by atoms with van der Waals surface area (Å²) in [6.45, 7) is 3.64. The van der Waals surface area contributed by atoms with Gasteiger partial charge < -0.3 is 9.47 Å². The van der Waals surface area contributed by atoms with Gasteiger partial charge in [-0.05, 0) is 25.2 Å². The summed E-state index contributed by atoms with van der Waals surface area (Å²) in [7, 11) is 0. The quantitative estimate of drug-likeness (QED) is 0.632. The number of ketones is 1. The van der Waals surface area contributed by atoms with Crippen LogP contribution in [0.2, 0.25) is 0 Å². The zero-order chi connectivity index (χ0) is 11.2. The van der Waals surface area contributed by atoms with E-state index in [1.165, 1.54) is 6.42 Å². The van der Waals surface area contributed by atoms with E-state index in [1.54, 1.807) is 0 Å². The monoisotopic (exact) mass is 224 g/mol. The summed E-state index contributed by atoms with van der Waals surface area (Å²) in [4.78, 5) is 11.9. The van der Waals surface area contributed by atoms with E-state index in [-0.39, 0.29) is 5.79 Å². The molecule has 2 aliphatic carbocycles. The molecular weight excluding hydrogens is 204 g/mol. The largest absolute Gasteiger partial charge is 0.347 e. The lowest BCUT2D eigenvalue weighted by atomic mass is 9.63. The number of carbonyl (C=O) groups excluding carboxylic acids is 1. The molecular formula is C13H20O3. The maximum absolute atomic E-state index is 11.9. The number of Topliss-reactive ketones (excluding diaryl/α,β-unsaturated/α-hetero) is 1. The average molecular weight is 224 g/mol. The van der Waals surface area contributed by atoms with Crippen LogP contribution in [-0.4, -0.2) is 24.8 Å². The highest BCUT2D eigenvalue weighted by atomic mass is 16.7. The molecule has 16 heavy (non-hydrogen) atoms. The number of hydrogen-bond donors (Lipinski definition) is 0. The summed E-state index contributed by atoms with van der Waals surface area (Å²) in [6, 6.07) is 0. The van der Waals surface area contributed by atoms with Crippen LogP contribution in [0.15, 0.2) is 0 Å². The van der Waals surface area contributed by atoms with E-state index < -0.39 is 0 Å². The molecule has 0 aromatic rings. The highest BCUT2D eigenvalue weighted by Gasteiger charge is 2.52. The number of ether oxygens (including phenoxy) is 2. The smallest absolute Gasteiger partial charge is 0.171 e. The Morgan fingerprint density at radius 1 is 1.25 bits per heavy atom. The normalized spacial score (nSPS) is 42.3. The van der Waals surface area contributed by atoms with Gasteiger partial charge >= 0.3 is 0 Å². The summed E-state index contributed by atoms with van der Waals surface area (Å²) in [6.07, 6.45) is 4.89. The molecule has 3 rings (SSSR count). The zero-order valence-electron chi connectivity index (χ0n) is 9.91. The fraction of sp³-hybridized carbons (Fsp3) is 0.923. The van der Waals surface area contributed by atoms with Gasteiger partial charge in [0.2, 0.25) is 0 Å². The molecule has 0 N–H and O–H groups in total.